The minimum Gasteiger partial charge on any atom is -0.494 e. The molecule has 0 saturated heterocycles. The zero-order valence-electron chi connectivity index (χ0n) is 27.4. The molecule has 5 rings (SSSR count). The van der Waals surface area contributed by atoms with Gasteiger partial charge in [-0.3, -0.25) is 13.9 Å². The van der Waals surface area contributed by atoms with Gasteiger partial charge in [-0.05, 0) is 79.9 Å². The van der Waals surface area contributed by atoms with Crippen molar-refractivity contribution in [3.8, 4) is 5.75 Å². The van der Waals surface area contributed by atoms with Crippen LogP contribution in [0, 0.1) is 5.82 Å². The first-order valence-corrected chi connectivity index (χ1v) is 18.8. The van der Waals surface area contributed by atoms with Crippen LogP contribution in [-0.2, 0) is 32.6 Å². The summed E-state index contributed by atoms with van der Waals surface area (Å²) >= 11 is 3.35. The molecule has 1 aliphatic carbocycles. The summed E-state index contributed by atoms with van der Waals surface area (Å²) in [4.78, 5) is 30.2. The van der Waals surface area contributed by atoms with Gasteiger partial charge in [0.25, 0.3) is 10.0 Å². The van der Waals surface area contributed by atoms with Crippen molar-refractivity contribution < 1.29 is 27.1 Å². The molecule has 0 heterocycles. The Labute approximate surface area is 296 Å². The number of nitrogens with zero attached hydrogens (tertiary/aromatic N) is 2. The van der Waals surface area contributed by atoms with Crippen LogP contribution in [0.15, 0.2) is 112 Å². The van der Waals surface area contributed by atoms with Gasteiger partial charge in [-0.1, -0.05) is 83.7 Å². The van der Waals surface area contributed by atoms with E-state index in [9.17, 15) is 18.0 Å². The van der Waals surface area contributed by atoms with E-state index in [1.165, 1.54) is 23.1 Å². The van der Waals surface area contributed by atoms with Crippen LogP contribution >= 0.6 is 15.9 Å². The number of halogens is 2. The summed E-state index contributed by atoms with van der Waals surface area (Å²) in [5.74, 6) is -0.999. The monoisotopic (exact) mass is 749 g/mol. The highest BCUT2D eigenvalue weighted by Crippen LogP contribution is 2.28. The van der Waals surface area contributed by atoms with Gasteiger partial charge < -0.3 is 15.0 Å². The van der Waals surface area contributed by atoms with Crippen LogP contribution in [0.2, 0.25) is 0 Å². The van der Waals surface area contributed by atoms with Crippen molar-refractivity contribution in [2.75, 3.05) is 17.5 Å². The minimum absolute atomic E-state index is 0.0195. The van der Waals surface area contributed by atoms with Gasteiger partial charge in [-0.15, -0.1) is 0 Å². The summed E-state index contributed by atoms with van der Waals surface area (Å²) in [6.07, 6.45) is 4.92. The zero-order chi connectivity index (χ0) is 34.8. The molecule has 1 aliphatic rings. The van der Waals surface area contributed by atoms with E-state index in [-0.39, 0.29) is 41.1 Å². The van der Waals surface area contributed by atoms with Crippen molar-refractivity contribution >= 4 is 43.5 Å². The van der Waals surface area contributed by atoms with Gasteiger partial charge in [-0.2, -0.15) is 0 Å². The standard InChI is InChI=1S/C38H41BrFN3O5S/c1-2-48-33-21-19-32(20-22-33)43(49(46,47)34-23-17-30(39)18-24-34)27-37(44)42(26-29-13-9-10-16-35(29)40)36(25-28-11-5-3-6-12-28)38(45)41-31-14-7-4-8-15-31/h3,5-6,9-13,16-24,31,36H,2,4,7-8,14-15,25-27H2,1H3,(H,41,45). The number of nitrogens with one attached hydrogen (secondary N) is 1. The molecular weight excluding hydrogens is 709 g/mol. The molecule has 0 aromatic heterocycles. The van der Waals surface area contributed by atoms with Gasteiger partial charge >= 0.3 is 0 Å². The number of amides is 2. The number of hydrogen-bond acceptors (Lipinski definition) is 5. The van der Waals surface area contributed by atoms with Crippen LogP contribution in [0.4, 0.5) is 10.1 Å². The summed E-state index contributed by atoms with van der Waals surface area (Å²) < 4.78 is 51.0. The minimum atomic E-state index is -4.28. The van der Waals surface area contributed by atoms with E-state index in [2.05, 4.69) is 21.2 Å². The van der Waals surface area contributed by atoms with Gasteiger partial charge in [0.2, 0.25) is 11.8 Å². The third-order valence-corrected chi connectivity index (χ3v) is 11.0. The van der Waals surface area contributed by atoms with Crippen molar-refractivity contribution in [3.05, 3.63) is 125 Å². The maximum absolute atomic E-state index is 15.2. The molecule has 1 saturated carbocycles. The Kier molecular flexibility index (Phi) is 12.5. The fraction of sp³-hybridized carbons (Fsp3) is 0.316. The number of benzene rings is 4. The van der Waals surface area contributed by atoms with Crippen molar-refractivity contribution in [1.82, 2.24) is 10.2 Å². The molecule has 0 radical (unpaired) electrons. The van der Waals surface area contributed by atoms with Gasteiger partial charge in [0.05, 0.1) is 17.2 Å². The first kappa shape index (κ1) is 36.1. The van der Waals surface area contributed by atoms with Crippen molar-refractivity contribution in [3.63, 3.8) is 0 Å². The smallest absolute Gasteiger partial charge is 0.264 e. The lowest BCUT2D eigenvalue weighted by molar-refractivity contribution is -0.140. The third-order valence-electron chi connectivity index (χ3n) is 8.64. The normalized spacial score (nSPS) is 14.1. The first-order chi connectivity index (χ1) is 23.7. The predicted octanol–water partition coefficient (Wildman–Crippen LogP) is 7.27. The second-order valence-electron chi connectivity index (χ2n) is 12.1. The number of carbonyl (C=O) groups excluding carboxylic acids is 2. The molecule has 11 heteroatoms. The zero-order valence-corrected chi connectivity index (χ0v) is 29.8. The number of hydrogen-bond donors (Lipinski definition) is 1. The second-order valence-corrected chi connectivity index (χ2v) is 14.8. The van der Waals surface area contributed by atoms with Gasteiger partial charge in [0.1, 0.15) is 24.2 Å². The maximum Gasteiger partial charge on any atom is 0.264 e. The second kappa shape index (κ2) is 16.9. The number of carbonyl (C=O) groups is 2. The topological polar surface area (TPSA) is 96.0 Å². The highest BCUT2D eigenvalue weighted by Gasteiger charge is 2.35. The van der Waals surface area contributed by atoms with Crippen LogP contribution < -0.4 is 14.4 Å². The van der Waals surface area contributed by atoms with E-state index >= 15 is 4.39 Å². The first-order valence-electron chi connectivity index (χ1n) is 16.5. The molecule has 4 aromatic carbocycles. The van der Waals surface area contributed by atoms with E-state index in [4.69, 9.17) is 4.74 Å². The third kappa shape index (κ3) is 9.48. The summed E-state index contributed by atoms with van der Waals surface area (Å²) in [5, 5.41) is 3.16. The van der Waals surface area contributed by atoms with E-state index in [1.807, 2.05) is 37.3 Å². The molecule has 1 fully saturated rings. The molecule has 0 aliphatic heterocycles. The van der Waals surface area contributed by atoms with E-state index in [1.54, 1.807) is 54.6 Å². The van der Waals surface area contributed by atoms with Crippen molar-refractivity contribution in [1.29, 1.82) is 0 Å². The Hall–Kier alpha value is -4.22. The summed E-state index contributed by atoms with van der Waals surface area (Å²) in [6.45, 7) is 1.39. The maximum atomic E-state index is 15.2. The lowest BCUT2D eigenvalue weighted by Crippen LogP contribution is -2.55. The molecule has 1 atom stereocenters. The van der Waals surface area contributed by atoms with Crippen LogP contribution in [0.1, 0.15) is 50.2 Å². The number of anilines is 1. The largest absolute Gasteiger partial charge is 0.494 e. The van der Waals surface area contributed by atoms with Crippen molar-refractivity contribution in [2.24, 2.45) is 0 Å². The number of rotatable bonds is 14. The summed E-state index contributed by atoms with van der Waals surface area (Å²) in [6, 6.07) is 26.9. The van der Waals surface area contributed by atoms with Gasteiger partial charge in [0.15, 0.2) is 0 Å². The van der Waals surface area contributed by atoms with E-state index in [0.717, 1.165) is 42.0 Å². The van der Waals surface area contributed by atoms with Crippen LogP contribution in [0.25, 0.3) is 0 Å². The van der Waals surface area contributed by atoms with Gasteiger partial charge in [0, 0.05) is 29.0 Å². The molecule has 0 bridgehead atoms. The van der Waals surface area contributed by atoms with Gasteiger partial charge in [-0.25, -0.2) is 12.8 Å². The molecule has 1 N–H and O–H groups in total. The number of sulfonamides is 1. The fourth-order valence-corrected chi connectivity index (χ4v) is 7.72. The Morgan fingerprint density at radius 2 is 1.55 bits per heavy atom. The van der Waals surface area contributed by atoms with Crippen molar-refractivity contribution in [2.45, 2.75) is 69.0 Å². The molecular formula is C38H41BrFN3O5S. The van der Waals surface area contributed by atoms with Crippen LogP contribution in [0.5, 0.6) is 5.75 Å². The SMILES string of the molecule is CCOc1ccc(N(CC(=O)N(Cc2ccccc2F)C(Cc2ccccc2)C(=O)NC2CCCCC2)S(=O)(=O)c2ccc(Br)cc2)cc1. The molecule has 1 unspecified atom stereocenters. The average Bonchev–Trinajstić information content (AvgIpc) is 3.11. The lowest BCUT2D eigenvalue weighted by atomic mass is 9.94. The number of ether oxygens (including phenoxy) is 1. The van der Waals surface area contributed by atoms with E-state index < -0.39 is 34.3 Å². The van der Waals surface area contributed by atoms with Crippen LogP contribution in [-0.4, -0.2) is 50.4 Å². The molecule has 0 spiro atoms. The summed E-state index contributed by atoms with van der Waals surface area (Å²) in [7, 11) is -4.28. The highest BCUT2D eigenvalue weighted by atomic mass is 79.9. The summed E-state index contributed by atoms with van der Waals surface area (Å²) in [5.41, 5.74) is 1.25. The quantitative estimate of drug-likeness (QED) is 0.146. The predicted molar refractivity (Wildman–Crippen MR) is 192 cm³/mol. The Morgan fingerprint density at radius 1 is 0.898 bits per heavy atom. The molecule has 4 aromatic rings. The van der Waals surface area contributed by atoms with E-state index in [0.29, 0.717) is 16.8 Å². The fourth-order valence-electron chi connectivity index (χ4n) is 6.05. The lowest BCUT2D eigenvalue weighted by Gasteiger charge is -2.35. The molecule has 258 valence electrons. The Balaban J connectivity index is 1.57. The highest BCUT2D eigenvalue weighted by molar-refractivity contribution is 9.10. The Morgan fingerprint density at radius 3 is 2.20 bits per heavy atom. The molecule has 49 heavy (non-hydrogen) atoms. The Bertz CT molecular complexity index is 1800. The molecule has 2 amide bonds. The average molecular weight is 751 g/mol. The molecule has 8 nitrogen and oxygen atoms in total. The van der Waals surface area contributed by atoms with Crippen LogP contribution in [0.3, 0.4) is 0 Å².